The van der Waals surface area contributed by atoms with Crippen molar-refractivity contribution in [3.8, 4) is 0 Å². The summed E-state index contributed by atoms with van der Waals surface area (Å²) in [4.78, 5) is 1.27. The van der Waals surface area contributed by atoms with E-state index in [9.17, 15) is 5.11 Å². The number of hydrogen-bond acceptors (Lipinski definition) is 3. The van der Waals surface area contributed by atoms with Crippen LogP contribution in [0.15, 0.2) is 29.2 Å². The smallest absolute Gasteiger partial charge is 0.0631 e. The first-order valence-corrected chi connectivity index (χ1v) is 7.16. The van der Waals surface area contributed by atoms with Gasteiger partial charge in [-0.2, -0.15) is 0 Å². The van der Waals surface area contributed by atoms with Gasteiger partial charge in [0.05, 0.1) is 6.10 Å². The van der Waals surface area contributed by atoms with Gasteiger partial charge in [0.1, 0.15) is 0 Å². The molecule has 0 heterocycles. The summed E-state index contributed by atoms with van der Waals surface area (Å²) in [5.41, 5.74) is 1.32. The second-order valence-corrected chi connectivity index (χ2v) is 5.77. The van der Waals surface area contributed by atoms with Gasteiger partial charge in [0.2, 0.25) is 0 Å². The molecule has 17 heavy (non-hydrogen) atoms. The molecular weight excluding hydrogens is 230 g/mol. The molecule has 0 aliphatic heterocycles. The third-order valence-corrected chi connectivity index (χ3v) is 4.12. The predicted molar refractivity (Wildman–Crippen MR) is 75.4 cm³/mol. The Labute approximate surface area is 109 Å². The van der Waals surface area contributed by atoms with Gasteiger partial charge in [-0.05, 0) is 31.5 Å². The molecular formula is C14H23NOS. The Hall–Kier alpha value is -0.510. The van der Waals surface area contributed by atoms with Crippen LogP contribution in [0.5, 0.6) is 0 Å². The molecule has 1 aromatic rings. The molecule has 0 aliphatic carbocycles. The summed E-state index contributed by atoms with van der Waals surface area (Å²) in [6, 6.07) is 8.41. The molecule has 0 bridgehead atoms. The van der Waals surface area contributed by atoms with Gasteiger partial charge in [-0.1, -0.05) is 32.0 Å². The molecule has 0 aliphatic rings. The van der Waals surface area contributed by atoms with Crippen molar-refractivity contribution in [1.82, 2.24) is 5.32 Å². The van der Waals surface area contributed by atoms with Crippen LogP contribution in [-0.4, -0.2) is 23.0 Å². The van der Waals surface area contributed by atoms with Gasteiger partial charge in [-0.3, -0.25) is 0 Å². The number of rotatable bonds is 7. The minimum Gasteiger partial charge on any atom is -0.392 e. The van der Waals surface area contributed by atoms with Crippen molar-refractivity contribution in [2.45, 2.75) is 50.0 Å². The standard InChI is InChI=1S/C14H23NOS/c1-4-9-15-10-13-7-5-6-8-14(13)17-12(3)11(2)16/h5-8,11-12,15-16H,4,9-10H2,1-3H3. The lowest BCUT2D eigenvalue weighted by molar-refractivity contribution is 0.196. The van der Waals surface area contributed by atoms with Crippen molar-refractivity contribution < 1.29 is 5.11 Å². The van der Waals surface area contributed by atoms with E-state index in [2.05, 4.69) is 43.4 Å². The van der Waals surface area contributed by atoms with E-state index in [1.54, 1.807) is 11.8 Å². The maximum Gasteiger partial charge on any atom is 0.0631 e. The van der Waals surface area contributed by atoms with Crippen LogP contribution in [0.2, 0.25) is 0 Å². The van der Waals surface area contributed by atoms with Crippen LogP contribution >= 0.6 is 11.8 Å². The lowest BCUT2D eigenvalue weighted by Crippen LogP contribution is -2.17. The summed E-state index contributed by atoms with van der Waals surface area (Å²) in [7, 11) is 0. The first-order valence-electron chi connectivity index (χ1n) is 6.28. The Balaban J connectivity index is 2.63. The van der Waals surface area contributed by atoms with Crippen LogP contribution in [0.4, 0.5) is 0 Å². The zero-order chi connectivity index (χ0) is 12.7. The van der Waals surface area contributed by atoms with Gasteiger partial charge in [0, 0.05) is 16.7 Å². The summed E-state index contributed by atoms with van der Waals surface area (Å²) in [6.45, 7) is 8.03. The summed E-state index contributed by atoms with van der Waals surface area (Å²) in [5.74, 6) is 0. The molecule has 0 saturated heterocycles. The number of thioether (sulfide) groups is 1. The molecule has 2 N–H and O–H groups in total. The van der Waals surface area contributed by atoms with E-state index < -0.39 is 0 Å². The predicted octanol–water partition coefficient (Wildman–Crippen LogP) is 3.05. The van der Waals surface area contributed by atoms with Crippen molar-refractivity contribution in [3.05, 3.63) is 29.8 Å². The molecule has 0 aromatic heterocycles. The molecule has 0 saturated carbocycles. The van der Waals surface area contributed by atoms with E-state index in [0.717, 1.165) is 19.5 Å². The van der Waals surface area contributed by atoms with E-state index in [4.69, 9.17) is 0 Å². The van der Waals surface area contributed by atoms with E-state index in [0.29, 0.717) is 0 Å². The Bertz CT molecular complexity index is 328. The van der Waals surface area contributed by atoms with Crippen LogP contribution in [0, 0.1) is 0 Å². The van der Waals surface area contributed by atoms with E-state index >= 15 is 0 Å². The molecule has 0 fully saturated rings. The molecule has 2 unspecified atom stereocenters. The van der Waals surface area contributed by atoms with Gasteiger partial charge in [0.15, 0.2) is 0 Å². The molecule has 1 aromatic carbocycles. The summed E-state index contributed by atoms with van der Waals surface area (Å²) in [6.07, 6.45) is 0.871. The number of aliphatic hydroxyl groups is 1. The highest BCUT2D eigenvalue weighted by molar-refractivity contribution is 8.00. The summed E-state index contributed by atoms with van der Waals surface area (Å²) < 4.78 is 0. The van der Waals surface area contributed by atoms with Crippen molar-refractivity contribution >= 4 is 11.8 Å². The van der Waals surface area contributed by atoms with Gasteiger partial charge < -0.3 is 10.4 Å². The largest absolute Gasteiger partial charge is 0.392 e. The minimum atomic E-state index is -0.281. The first-order chi connectivity index (χ1) is 8.15. The van der Waals surface area contributed by atoms with Gasteiger partial charge in [0.25, 0.3) is 0 Å². The molecule has 0 spiro atoms. The third-order valence-electron chi connectivity index (χ3n) is 2.71. The van der Waals surface area contributed by atoms with Crippen molar-refractivity contribution in [2.75, 3.05) is 6.54 Å². The summed E-state index contributed by atoms with van der Waals surface area (Å²) >= 11 is 1.75. The zero-order valence-electron chi connectivity index (χ0n) is 10.9. The quantitative estimate of drug-likeness (QED) is 0.578. The van der Waals surface area contributed by atoms with Crippen molar-refractivity contribution in [3.63, 3.8) is 0 Å². The topological polar surface area (TPSA) is 32.3 Å². The zero-order valence-corrected chi connectivity index (χ0v) is 11.8. The second-order valence-electron chi connectivity index (χ2n) is 4.35. The Morgan fingerprint density at radius 1 is 1.29 bits per heavy atom. The highest BCUT2D eigenvalue weighted by atomic mass is 32.2. The number of hydrogen-bond donors (Lipinski definition) is 2. The fourth-order valence-electron chi connectivity index (χ4n) is 1.46. The average molecular weight is 253 g/mol. The molecule has 2 nitrogen and oxygen atoms in total. The van der Waals surface area contributed by atoms with Crippen LogP contribution in [0.25, 0.3) is 0 Å². The highest BCUT2D eigenvalue weighted by Crippen LogP contribution is 2.28. The molecule has 3 heteroatoms. The fraction of sp³-hybridized carbons (Fsp3) is 0.571. The Morgan fingerprint density at radius 3 is 2.65 bits per heavy atom. The van der Waals surface area contributed by atoms with E-state index in [-0.39, 0.29) is 11.4 Å². The normalized spacial score (nSPS) is 14.6. The number of aliphatic hydroxyl groups excluding tert-OH is 1. The van der Waals surface area contributed by atoms with Crippen LogP contribution < -0.4 is 5.32 Å². The van der Waals surface area contributed by atoms with Crippen LogP contribution in [0.3, 0.4) is 0 Å². The maximum atomic E-state index is 9.55. The lowest BCUT2D eigenvalue weighted by atomic mass is 10.2. The lowest BCUT2D eigenvalue weighted by Gasteiger charge is -2.16. The molecule has 2 atom stereocenters. The van der Waals surface area contributed by atoms with Gasteiger partial charge in [-0.15, -0.1) is 11.8 Å². The van der Waals surface area contributed by atoms with E-state index in [1.165, 1.54) is 10.5 Å². The second kappa shape index (κ2) is 7.75. The maximum absolute atomic E-state index is 9.55. The number of benzene rings is 1. The van der Waals surface area contributed by atoms with Gasteiger partial charge in [-0.25, -0.2) is 0 Å². The van der Waals surface area contributed by atoms with Crippen molar-refractivity contribution in [1.29, 1.82) is 0 Å². The van der Waals surface area contributed by atoms with Gasteiger partial charge >= 0.3 is 0 Å². The average Bonchev–Trinajstić information content (AvgIpc) is 2.31. The Kier molecular flexibility index (Phi) is 6.63. The molecule has 96 valence electrons. The summed E-state index contributed by atoms with van der Waals surface area (Å²) in [5, 5.41) is 13.2. The molecule has 0 amide bonds. The first kappa shape index (κ1) is 14.6. The van der Waals surface area contributed by atoms with E-state index in [1.807, 2.05) is 6.92 Å². The fourth-order valence-corrected chi connectivity index (χ4v) is 2.51. The monoisotopic (exact) mass is 253 g/mol. The SMILES string of the molecule is CCCNCc1ccccc1SC(C)C(C)O. The van der Waals surface area contributed by atoms with Crippen LogP contribution in [-0.2, 0) is 6.54 Å². The highest BCUT2D eigenvalue weighted by Gasteiger charge is 2.12. The van der Waals surface area contributed by atoms with Crippen molar-refractivity contribution in [2.24, 2.45) is 0 Å². The third kappa shape index (κ3) is 5.11. The Morgan fingerprint density at radius 2 is 2.00 bits per heavy atom. The molecule has 1 rings (SSSR count). The van der Waals surface area contributed by atoms with Crippen LogP contribution in [0.1, 0.15) is 32.8 Å². The molecule has 0 radical (unpaired) electrons. The number of nitrogens with one attached hydrogen (secondary N) is 1. The minimum absolute atomic E-state index is 0.224.